The standard InChI is InChI=1S/C19H19ClN4O3/c1-12(18(26)21-10-13-6-2-3-7-14(13)20)22-19(27)24-11-17(25)23-15-8-4-5-9-16(15)24/h2-9,12H,10-11H2,1H3,(H,21,26)(H,22,27)(H,23,25)/t12-/m0/s1. The van der Waals surface area contributed by atoms with Gasteiger partial charge in [-0.05, 0) is 30.7 Å². The fourth-order valence-corrected chi connectivity index (χ4v) is 2.92. The maximum Gasteiger partial charge on any atom is 0.323 e. The molecular weight excluding hydrogens is 368 g/mol. The molecule has 0 aromatic heterocycles. The van der Waals surface area contributed by atoms with Gasteiger partial charge in [0.05, 0.1) is 11.4 Å². The molecule has 140 valence electrons. The molecule has 1 aliphatic heterocycles. The number of benzene rings is 2. The number of nitrogens with zero attached hydrogens (tertiary/aromatic N) is 1. The molecule has 0 fully saturated rings. The topological polar surface area (TPSA) is 90.5 Å². The smallest absolute Gasteiger partial charge is 0.323 e. The average Bonchev–Trinajstić information content (AvgIpc) is 2.66. The summed E-state index contributed by atoms with van der Waals surface area (Å²) in [6.45, 7) is 1.72. The SMILES string of the molecule is C[C@H](NC(=O)N1CC(=O)Nc2ccccc21)C(=O)NCc1ccccc1Cl. The normalized spacial score (nSPS) is 14.0. The second-order valence-corrected chi connectivity index (χ2v) is 6.54. The van der Waals surface area contributed by atoms with Crippen molar-refractivity contribution in [3.05, 3.63) is 59.1 Å². The summed E-state index contributed by atoms with van der Waals surface area (Å²) in [5, 5.41) is 8.64. The first-order valence-electron chi connectivity index (χ1n) is 8.43. The van der Waals surface area contributed by atoms with E-state index in [0.717, 1.165) is 5.56 Å². The fraction of sp³-hybridized carbons (Fsp3) is 0.211. The quantitative estimate of drug-likeness (QED) is 0.754. The second kappa shape index (κ2) is 8.09. The van der Waals surface area contributed by atoms with E-state index >= 15 is 0 Å². The van der Waals surface area contributed by atoms with E-state index in [1.54, 1.807) is 37.3 Å². The summed E-state index contributed by atoms with van der Waals surface area (Å²) >= 11 is 6.07. The van der Waals surface area contributed by atoms with Crippen molar-refractivity contribution in [2.24, 2.45) is 0 Å². The summed E-state index contributed by atoms with van der Waals surface area (Å²) in [6.07, 6.45) is 0. The van der Waals surface area contributed by atoms with Gasteiger partial charge in [-0.15, -0.1) is 0 Å². The number of hydrogen-bond acceptors (Lipinski definition) is 3. The van der Waals surface area contributed by atoms with Gasteiger partial charge in [-0.1, -0.05) is 41.9 Å². The second-order valence-electron chi connectivity index (χ2n) is 6.13. The van der Waals surface area contributed by atoms with Crippen LogP contribution in [0.5, 0.6) is 0 Å². The van der Waals surface area contributed by atoms with Crippen LogP contribution in [-0.2, 0) is 16.1 Å². The Morgan fingerprint density at radius 1 is 1.19 bits per heavy atom. The molecule has 3 rings (SSSR count). The highest BCUT2D eigenvalue weighted by Crippen LogP contribution is 2.28. The molecule has 8 heteroatoms. The molecule has 0 saturated carbocycles. The molecule has 1 heterocycles. The first-order chi connectivity index (χ1) is 13.0. The van der Waals surface area contributed by atoms with Gasteiger partial charge < -0.3 is 16.0 Å². The molecule has 3 N–H and O–H groups in total. The van der Waals surface area contributed by atoms with E-state index in [4.69, 9.17) is 11.6 Å². The van der Waals surface area contributed by atoms with Crippen LogP contribution >= 0.6 is 11.6 Å². The van der Waals surface area contributed by atoms with Crippen LogP contribution < -0.4 is 20.9 Å². The van der Waals surface area contributed by atoms with Crippen molar-refractivity contribution in [1.82, 2.24) is 10.6 Å². The summed E-state index contributed by atoms with van der Waals surface area (Å²) in [7, 11) is 0. The van der Waals surface area contributed by atoms with Gasteiger partial charge in [0, 0.05) is 11.6 Å². The minimum Gasteiger partial charge on any atom is -0.350 e. The number of para-hydroxylation sites is 2. The maximum absolute atomic E-state index is 12.6. The van der Waals surface area contributed by atoms with Crippen molar-refractivity contribution in [3.63, 3.8) is 0 Å². The number of nitrogens with one attached hydrogen (secondary N) is 3. The zero-order chi connectivity index (χ0) is 19.4. The van der Waals surface area contributed by atoms with Gasteiger partial charge >= 0.3 is 6.03 Å². The van der Waals surface area contributed by atoms with Crippen LogP contribution in [0.4, 0.5) is 16.2 Å². The number of rotatable bonds is 4. The van der Waals surface area contributed by atoms with E-state index in [1.165, 1.54) is 4.90 Å². The Balaban J connectivity index is 1.61. The van der Waals surface area contributed by atoms with Crippen LogP contribution in [0.1, 0.15) is 12.5 Å². The predicted octanol–water partition coefficient (Wildman–Crippen LogP) is 2.51. The minimum absolute atomic E-state index is 0.114. The van der Waals surface area contributed by atoms with Crippen LogP contribution in [0.15, 0.2) is 48.5 Å². The van der Waals surface area contributed by atoms with Gasteiger partial charge in [0.2, 0.25) is 11.8 Å². The summed E-state index contributed by atoms with van der Waals surface area (Å²) in [5.41, 5.74) is 1.92. The van der Waals surface area contributed by atoms with Crippen LogP contribution in [0.2, 0.25) is 5.02 Å². The van der Waals surface area contributed by atoms with Crippen molar-refractivity contribution in [3.8, 4) is 0 Å². The number of carbonyl (C=O) groups excluding carboxylic acids is 3. The van der Waals surface area contributed by atoms with Crippen LogP contribution in [0.3, 0.4) is 0 Å². The van der Waals surface area contributed by atoms with E-state index in [0.29, 0.717) is 16.4 Å². The highest BCUT2D eigenvalue weighted by molar-refractivity contribution is 6.31. The Morgan fingerprint density at radius 2 is 1.89 bits per heavy atom. The van der Waals surface area contributed by atoms with Gasteiger partial charge in [-0.25, -0.2) is 4.79 Å². The molecule has 0 aliphatic carbocycles. The number of amides is 4. The molecule has 1 aliphatic rings. The van der Waals surface area contributed by atoms with Crippen LogP contribution in [0.25, 0.3) is 0 Å². The van der Waals surface area contributed by atoms with Crippen molar-refractivity contribution in [2.45, 2.75) is 19.5 Å². The fourth-order valence-electron chi connectivity index (χ4n) is 2.72. The lowest BCUT2D eigenvalue weighted by Crippen LogP contribution is -2.52. The summed E-state index contributed by atoms with van der Waals surface area (Å²) in [4.78, 5) is 38.0. The summed E-state index contributed by atoms with van der Waals surface area (Å²) in [6, 6.07) is 12.9. The molecule has 1 atom stereocenters. The number of carbonyl (C=O) groups is 3. The molecule has 2 aromatic rings. The van der Waals surface area contributed by atoms with E-state index in [9.17, 15) is 14.4 Å². The number of hydrogen-bond donors (Lipinski definition) is 3. The van der Waals surface area contributed by atoms with Gasteiger partial charge in [0.25, 0.3) is 0 Å². The van der Waals surface area contributed by atoms with E-state index in [1.807, 2.05) is 18.2 Å². The Bertz CT molecular complexity index is 887. The first kappa shape index (κ1) is 18.7. The number of fused-ring (bicyclic) bond motifs is 1. The van der Waals surface area contributed by atoms with Gasteiger partial charge in [0.1, 0.15) is 12.6 Å². The Morgan fingerprint density at radius 3 is 2.67 bits per heavy atom. The molecule has 4 amide bonds. The molecule has 0 unspecified atom stereocenters. The molecule has 0 saturated heterocycles. The van der Waals surface area contributed by atoms with Crippen LogP contribution in [-0.4, -0.2) is 30.4 Å². The molecule has 7 nitrogen and oxygen atoms in total. The largest absolute Gasteiger partial charge is 0.350 e. The molecule has 0 radical (unpaired) electrons. The molecule has 27 heavy (non-hydrogen) atoms. The van der Waals surface area contributed by atoms with Gasteiger partial charge in [-0.2, -0.15) is 0 Å². The zero-order valence-corrected chi connectivity index (χ0v) is 15.4. The highest BCUT2D eigenvalue weighted by atomic mass is 35.5. The first-order valence-corrected chi connectivity index (χ1v) is 8.81. The summed E-state index contributed by atoms with van der Waals surface area (Å²) in [5.74, 6) is -0.641. The van der Waals surface area contributed by atoms with Crippen molar-refractivity contribution in [1.29, 1.82) is 0 Å². The average molecular weight is 387 g/mol. The van der Waals surface area contributed by atoms with E-state index in [2.05, 4.69) is 16.0 Å². The Labute approximate surface area is 161 Å². The third-order valence-corrected chi connectivity index (χ3v) is 4.53. The predicted molar refractivity (Wildman–Crippen MR) is 104 cm³/mol. The molecule has 0 spiro atoms. The number of anilines is 2. The minimum atomic E-state index is -0.780. The number of halogens is 1. The number of urea groups is 1. The van der Waals surface area contributed by atoms with Crippen molar-refractivity contribution < 1.29 is 14.4 Å². The van der Waals surface area contributed by atoms with Crippen molar-refractivity contribution >= 4 is 40.8 Å². The Hall–Kier alpha value is -3.06. The lowest BCUT2D eigenvalue weighted by molar-refractivity contribution is -0.122. The van der Waals surface area contributed by atoms with E-state index < -0.39 is 12.1 Å². The highest BCUT2D eigenvalue weighted by Gasteiger charge is 2.28. The van der Waals surface area contributed by atoms with Gasteiger partial charge in [0.15, 0.2) is 0 Å². The Kier molecular flexibility index (Phi) is 5.61. The molecule has 0 bridgehead atoms. The van der Waals surface area contributed by atoms with Crippen molar-refractivity contribution in [2.75, 3.05) is 16.8 Å². The van der Waals surface area contributed by atoms with Crippen LogP contribution in [0, 0.1) is 0 Å². The molecule has 2 aromatic carbocycles. The third-order valence-electron chi connectivity index (χ3n) is 4.16. The molecular formula is C19H19ClN4O3. The lowest BCUT2D eigenvalue weighted by atomic mass is 10.2. The summed E-state index contributed by atoms with van der Waals surface area (Å²) < 4.78 is 0. The van der Waals surface area contributed by atoms with Gasteiger partial charge in [-0.3, -0.25) is 14.5 Å². The monoisotopic (exact) mass is 386 g/mol. The zero-order valence-electron chi connectivity index (χ0n) is 14.7. The van der Waals surface area contributed by atoms with E-state index in [-0.39, 0.29) is 24.9 Å². The lowest BCUT2D eigenvalue weighted by Gasteiger charge is -2.30. The maximum atomic E-state index is 12.6. The third kappa shape index (κ3) is 4.38.